The summed E-state index contributed by atoms with van der Waals surface area (Å²) in [6.45, 7) is 9.52. The average Bonchev–Trinajstić information content (AvgIpc) is 4.06. The maximum atomic E-state index is 12.2. The fourth-order valence-electron chi connectivity index (χ4n) is 5.60. The van der Waals surface area contributed by atoms with E-state index in [-0.39, 0.29) is 54.3 Å². The van der Waals surface area contributed by atoms with Crippen LogP contribution < -0.4 is 31.3 Å². The molecule has 70 heavy (non-hydrogen) atoms. The second-order valence-corrected chi connectivity index (χ2v) is 21.3. The number of para-hydroxylation sites is 3. The molecule has 372 valence electrons. The first-order valence-electron chi connectivity index (χ1n) is 21.5. The molecule has 3 aromatic carbocycles. The summed E-state index contributed by atoms with van der Waals surface area (Å²) < 4.78 is 20.4. The van der Waals surface area contributed by atoms with Crippen LogP contribution in [0.15, 0.2) is 85.8 Å². The number of fused-ring (bicyclic) bond motifs is 3. The zero-order valence-electron chi connectivity index (χ0n) is 38.4. The van der Waals surface area contributed by atoms with E-state index in [0.717, 1.165) is 65.9 Å². The summed E-state index contributed by atoms with van der Waals surface area (Å²) in [4.78, 5) is 82.4. The Balaban J connectivity index is 0.000000276. The first kappa shape index (κ1) is 59.9. The van der Waals surface area contributed by atoms with Gasteiger partial charge in [-0.15, -0.1) is 34.0 Å². The second kappa shape index (κ2) is 33.3. The topological polar surface area (TPSA) is 274 Å². The van der Waals surface area contributed by atoms with Gasteiger partial charge in [-0.1, -0.05) is 71.7 Å². The third-order valence-electron chi connectivity index (χ3n) is 8.73. The number of hydrogen-bond acceptors (Lipinski definition) is 21. The van der Waals surface area contributed by atoms with Gasteiger partial charge in [0.2, 0.25) is 17.7 Å². The number of hydrogen-bond donors (Lipinski definition) is 3. The molecule has 0 spiro atoms. The molecule has 0 fully saturated rings. The Morgan fingerprint density at radius 3 is 0.971 bits per heavy atom. The summed E-state index contributed by atoms with van der Waals surface area (Å²) in [5.41, 5.74) is 2.51. The van der Waals surface area contributed by atoms with Gasteiger partial charge in [0.15, 0.2) is 13.0 Å². The Kier molecular flexibility index (Phi) is 28.5. The van der Waals surface area contributed by atoms with Crippen molar-refractivity contribution in [1.29, 1.82) is 0 Å². The number of aromatic nitrogens is 3. The van der Waals surface area contributed by atoms with E-state index in [9.17, 15) is 44.1 Å². The molecule has 6 rings (SSSR count). The van der Waals surface area contributed by atoms with Crippen LogP contribution in [-0.2, 0) is 43.0 Å². The van der Waals surface area contributed by atoms with Gasteiger partial charge >= 0.3 is 17.4 Å². The average molecular weight is 1090 g/mol. The first-order valence-corrected chi connectivity index (χ1v) is 26.6. The Morgan fingerprint density at radius 2 is 0.743 bits per heavy atom. The molecule has 0 aliphatic rings. The van der Waals surface area contributed by atoms with Crippen molar-refractivity contribution in [2.24, 2.45) is 0 Å². The van der Waals surface area contributed by atoms with E-state index in [4.69, 9.17) is 14.2 Å². The molecule has 3 atom stereocenters. The fourth-order valence-corrected chi connectivity index (χ4v) is 12.5. The minimum Gasteiger partial charge on any atom is -0.550 e. The van der Waals surface area contributed by atoms with E-state index < -0.39 is 33.7 Å². The molecule has 0 aliphatic carbocycles. The number of carboxylic acid groups (broad SMARTS) is 3. The number of benzene rings is 3. The zero-order valence-corrected chi connectivity index (χ0v) is 44.5. The summed E-state index contributed by atoms with van der Waals surface area (Å²) in [5, 5.41) is 38.4. The number of rotatable bonds is 27. The van der Waals surface area contributed by atoms with Gasteiger partial charge in [0.1, 0.15) is 0 Å². The van der Waals surface area contributed by atoms with Gasteiger partial charge in [-0.05, 0) is 57.2 Å². The Morgan fingerprint density at radius 1 is 0.486 bits per heavy atom. The molecule has 3 unspecified atom stereocenters. The summed E-state index contributed by atoms with van der Waals surface area (Å²) >= 11 is 7.75. The maximum absolute atomic E-state index is 12.2. The molecule has 18 nitrogen and oxygen atoms in total. The van der Waals surface area contributed by atoms with Gasteiger partial charge in [-0.25, -0.2) is 15.0 Å². The number of amides is 3. The Labute approximate surface area is 440 Å². The number of nitrogens with one attached hydrogen (secondary N) is 3. The molecule has 0 radical (unpaired) electrons. The van der Waals surface area contributed by atoms with Crippen LogP contribution in [0.5, 0.6) is 0 Å². The monoisotopic (exact) mass is 1090 g/mol. The molecule has 0 saturated carbocycles. The van der Waals surface area contributed by atoms with Crippen LogP contribution in [0, 0.1) is 0 Å². The number of carbonyl (C=O) groups is 6. The number of thioether (sulfide) groups is 3. The predicted molar refractivity (Wildman–Crippen MR) is 271 cm³/mol. The number of carbonyl (C=O) groups excluding carboxylic acids is 6. The minimum absolute atomic E-state index is 0. The standard InChI is InChI=1S/3C15H18N2O4S2.Al/c3*1-2-21-8-7-16-14(20)12(9-13(18)19)23-15-17-10-5-3-4-6-11(10)22-15;/h3*3-6,12H,2,7-9H2,1H3,(H,16,20)(H,18,19);/q;;;+3/p-3. The van der Waals surface area contributed by atoms with Crippen molar-refractivity contribution in [3.05, 3.63) is 72.8 Å². The van der Waals surface area contributed by atoms with E-state index in [1.807, 2.05) is 93.6 Å². The Bertz CT molecular complexity index is 2210. The van der Waals surface area contributed by atoms with Gasteiger partial charge in [0.05, 0.1) is 66.2 Å². The number of nitrogens with zero attached hydrogens (tertiary/aromatic N) is 3. The number of carboxylic acids is 3. The van der Waals surface area contributed by atoms with E-state index >= 15 is 0 Å². The smallest absolute Gasteiger partial charge is 0.550 e. The van der Waals surface area contributed by atoms with Crippen molar-refractivity contribution in [3.8, 4) is 0 Å². The molecule has 0 saturated heterocycles. The van der Waals surface area contributed by atoms with Crippen molar-refractivity contribution in [3.63, 3.8) is 0 Å². The van der Waals surface area contributed by atoms with Gasteiger partial charge in [0, 0.05) is 76.6 Å². The van der Waals surface area contributed by atoms with Crippen LogP contribution >= 0.6 is 69.3 Å². The van der Waals surface area contributed by atoms with Crippen molar-refractivity contribution >= 4 is 153 Å². The van der Waals surface area contributed by atoms with Crippen LogP contribution in [0.3, 0.4) is 0 Å². The zero-order chi connectivity index (χ0) is 50.0. The quantitative estimate of drug-likeness (QED) is 0.0380. The van der Waals surface area contributed by atoms with Crippen LogP contribution in [0.25, 0.3) is 30.6 Å². The van der Waals surface area contributed by atoms with Crippen LogP contribution in [0.4, 0.5) is 0 Å². The molecular weight excluding hydrogens is 1040 g/mol. The van der Waals surface area contributed by atoms with Gasteiger partial charge in [0.25, 0.3) is 0 Å². The molecule has 0 aliphatic heterocycles. The third kappa shape index (κ3) is 21.9. The summed E-state index contributed by atoms with van der Waals surface area (Å²) in [6, 6.07) is 22.8. The number of ether oxygens (including phenoxy) is 3. The second-order valence-electron chi connectivity index (χ2n) is 13.9. The van der Waals surface area contributed by atoms with E-state index in [2.05, 4.69) is 30.9 Å². The molecule has 3 heterocycles. The van der Waals surface area contributed by atoms with Crippen molar-refractivity contribution < 1.29 is 58.3 Å². The molecule has 0 bridgehead atoms. The molecule has 25 heteroatoms. The molecule has 3 aromatic heterocycles. The third-order valence-corrected chi connectivity index (χ3v) is 15.7. The van der Waals surface area contributed by atoms with Crippen molar-refractivity contribution in [2.75, 3.05) is 59.3 Å². The fraction of sp³-hybridized carbons (Fsp3) is 0.400. The first-order chi connectivity index (χ1) is 33.3. The maximum Gasteiger partial charge on any atom is 3.00 e. The summed E-state index contributed by atoms with van der Waals surface area (Å²) in [5.74, 6) is -4.83. The minimum atomic E-state index is -1.26. The van der Waals surface area contributed by atoms with Crippen LogP contribution in [0.1, 0.15) is 40.0 Å². The van der Waals surface area contributed by atoms with Gasteiger partial charge < -0.3 is 59.9 Å². The molecular formula is C45H51AlN6O12S6. The van der Waals surface area contributed by atoms with E-state index in [0.29, 0.717) is 72.3 Å². The Hall–Kier alpha value is -4.39. The van der Waals surface area contributed by atoms with Gasteiger partial charge in [-0.3, -0.25) is 14.4 Å². The normalized spacial score (nSPS) is 12.0. The predicted octanol–water partition coefficient (Wildman–Crippen LogP) is 2.77. The summed E-state index contributed by atoms with van der Waals surface area (Å²) in [6.07, 6.45) is -1.08. The van der Waals surface area contributed by atoms with Gasteiger partial charge in [-0.2, -0.15) is 0 Å². The van der Waals surface area contributed by atoms with E-state index in [1.54, 1.807) is 0 Å². The van der Waals surface area contributed by atoms with Crippen molar-refractivity contribution in [2.45, 2.75) is 68.8 Å². The van der Waals surface area contributed by atoms with Crippen molar-refractivity contribution in [1.82, 2.24) is 30.9 Å². The number of thiazole rings is 3. The molecule has 3 N–H and O–H groups in total. The van der Waals surface area contributed by atoms with Crippen LogP contribution in [-0.4, -0.2) is 143 Å². The van der Waals surface area contributed by atoms with Crippen LogP contribution in [0.2, 0.25) is 0 Å². The molecule has 3 amide bonds. The largest absolute Gasteiger partial charge is 3.00 e. The molecule has 6 aromatic rings. The number of aliphatic carboxylic acids is 3. The summed E-state index contributed by atoms with van der Waals surface area (Å²) in [7, 11) is 0. The van der Waals surface area contributed by atoms with E-state index in [1.165, 1.54) is 34.0 Å². The SMILES string of the molecule is CCOCCNC(=O)C(CC(=O)[O-])Sc1nc2ccccc2s1.CCOCCNC(=O)C(CC(=O)[O-])Sc1nc2ccccc2s1.CCOCCNC(=O)C(CC(=O)[O-])Sc1nc2ccccc2s1.[Al+3].